The van der Waals surface area contributed by atoms with Gasteiger partial charge in [0.05, 0.1) is 5.92 Å². The molecule has 2 atom stereocenters. The van der Waals surface area contributed by atoms with E-state index in [9.17, 15) is 4.79 Å². The molecule has 136 valence electrons. The molecule has 0 unspecified atom stereocenters. The molecule has 3 nitrogen and oxygen atoms in total. The number of likely N-dealkylation sites (tertiary alicyclic amines) is 1. The van der Waals surface area contributed by atoms with Crippen molar-refractivity contribution in [1.82, 2.24) is 10.2 Å². The van der Waals surface area contributed by atoms with E-state index in [1.807, 2.05) is 0 Å². The van der Waals surface area contributed by atoms with E-state index >= 15 is 0 Å². The van der Waals surface area contributed by atoms with Gasteiger partial charge in [0, 0.05) is 13.1 Å². The van der Waals surface area contributed by atoms with Crippen molar-refractivity contribution in [2.75, 3.05) is 13.1 Å². The Labute approximate surface area is 152 Å². The summed E-state index contributed by atoms with van der Waals surface area (Å²) in [6, 6.07) is 8.70. The van der Waals surface area contributed by atoms with Gasteiger partial charge in [0.1, 0.15) is 0 Å². The minimum Gasteiger partial charge on any atom is -0.352 e. The summed E-state index contributed by atoms with van der Waals surface area (Å²) in [6.45, 7) is 12.7. The highest BCUT2D eigenvalue weighted by molar-refractivity contribution is 5.83. The van der Waals surface area contributed by atoms with Gasteiger partial charge in [-0.3, -0.25) is 9.69 Å². The molecule has 1 aromatic rings. The van der Waals surface area contributed by atoms with Gasteiger partial charge in [-0.25, -0.2) is 0 Å². The summed E-state index contributed by atoms with van der Waals surface area (Å²) in [4.78, 5) is 15.0. The van der Waals surface area contributed by atoms with Gasteiger partial charge in [0.25, 0.3) is 0 Å². The summed E-state index contributed by atoms with van der Waals surface area (Å²) in [5, 5.41) is 3.13. The molecule has 3 heteroatoms. The van der Waals surface area contributed by atoms with Crippen molar-refractivity contribution in [3.63, 3.8) is 0 Å². The second-order valence-electron chi connectivity index (χ2n) is 8.59. The Morgan fingerprint density at radius 1 is 1.16 bits per heavy atom. The van der Waals surface area contributed by atoms with Crippen molar-refractivity contribution in [2.24, 2.45) is 17.3 Å². The van der Waals surface area contributed by atoms with E-state index in [1.54, 1.807) is 0 Å². The second kappa shape index (κ2) is 7.33. The molecule has 1 aromatic carbocycles. The van der Waals surface area contributed by atoms with Crippen molar-refractivity contribution in [3.8, 4) is 0 Å². The van der Waals surface area contributed by atoms with Gasteiger partial charge in [-0.1, -0.05) is 49.8 Å². The Hall–Kier alpha value is -1.61. The second-order valence-corrected chi connectivity index (χ2v) is 8.59. The molecular formula is C22H32N2O. The molecule has 0 bridgehead atoms. The molecule has 1 heterocycles. The third kappa shape index (κ3) is 4.33. The van der Waals surface area contributed by atoms with Crippen LogP contribution in [0.5, 0.6) is 0 Å². The van der Waals surface area contributed by atoms with Gasteiger partial charge < -0.3 is 5.32 Å². The van der Waals surface area contributed by atoms with E-state index in [-0.39, 0.29) is 17.2 Å². The van der Waals surface area contributed by atoms with Crippen LogP contribution in [0.3, 0.4) is 0 Å². The number of amides is 1. The predicted molar refractivity (Wildman–Crippen MR) is 103 cm³/mol. The maximum absolute atomic E-state index is 12.5. The third-order valence-corrected chi connectivity index (χ3v) is 5.80. The number of allylic oxidation sites excluding steroid dienone is 2. The van der Waals surface area contributed by atoms with E-state index in [1.165, 1.54) is 42.6 Å². The molecule has 1 aliphatic heterocycles. The zero-order valence-corrected chi connectivity index (χ0v) is 16.1. The van der Waals surface area contributed by atoms with Crippen LogP contribution in [0.4, 0.5) is 0 Å². The van der Waals surface area contributed by atoms with Crippen molar-refractivity contribution in [2.45, 2.75) is 53.6 Å². The highest BCUT2D eigenvalue weighted by Gasteiger charge is 2.60. The van der Waals surface area contributed by atoms with Crippen molar-refractivity contribution >= 4 is 5.91 Å². The molecule has 1 amide bonds. The quantitative estimate of drug-likeness (QED) is 0.790. The first-order chi connectivity index (χ1) is 11.9. The lowest BCUT2D eigenvalue weighted by Gasteiger charge is -2.14. The number of hydrogen-bond donors (Lipinski definition) is 1. The zero-order valence-electron chi connectivity index (χ0n) is 16.1. The summed E-state index contributed by atoms with van der Waals surface area (Å²) in [5.74, 6) is 0.672. The Kier molecular flexibility index (Phi) is 5.33. The molecule has 3 rings (SSSR count). The van der Waals surface area contributed by atoms with Crippen LogP contribution in [0.1, 0.15) is 51.7 Å². The number of rotatable bonds is 6. The fourth-order valence-electron chi connectivity index (χ4n) is 4.11. The Morgan fingerprint density at radius 3 is 2.36 bits per heavy atom. The minimum absolute atomic E-state index is 0.0843. The third-order valence-electron chi connectivity index (χ3n) is 5.80. The smallest absolute Gasteiger partial charge is 0.224 e. The summed E-state index contributed by atoms with van der Waals surface area (Å²) in [5.41, 5.74) is 3.92. The normalized spacial score (nSPS) is 24.8. The van der Waals surface area contributed by atoms with Crippen molar-refractivity contribution < 1.29 is 4.79 Å². The summed E-state index contributed by atoms with van der Waals surface area (Å²) < 4.78 is 0. The van der Waals surface area contributed by atoms with Crippen LogP contribution < -0.4 is 5.32 Å². The van der Waals surface area contributed by atoms with Gasteiger partial charge >= 0.3 is 0 Å². The molecule has 0 radical (unpaired) electrons. The molecular weight excluding hydrogens is 308 g/mol. The van der Waals surface area contributed by atoms with Crippen molar-refractivity contribution in [3.05, 3.63) is 47.0 Å². The van der Waals surface area contributed by atoms with E-state index in [0.717, 1.165) is 6.54 Å². The Bertz CT molecular complexity index is 634. The lowest BCUT2D eigenvalue weighted by molar-refractivity contribution is -0.123. The molecule has 1 saturated carbocycles. The lowest BCUT2D eigenvalue weighted by atomic mass is 10.1. The van der Waals surface area contributed by atoms with Gasteiger partial charge in [0.2, 0.25) is 5.91 Å². The van der Waals surface area contributed by atoms with Crippen LogP contribution in [0.15, 0.2) is 35.9 Å². The average Bonchev–Trinajstić information content (AvgIpc) is 2.91. The van der Waals surface area contributed by atoms with Gasteiger partial charge in [-0.05, 0) is 62.2 Å². The van der Waals surface area contributed by atoms with Crippen LogP contribution in [0.25, 0.3) is 0 Å². The molecule has 1 N–H and O–H groups in total. The minimum atomic E-state index is 0.0843. The van der Waals surface area contributed by atoms with Crippen LogP contribution in [-0.2, 0) is 17.9 Å². The summed E-state index contributed by atoms with van der Waals surface area (Å²) in [6.07, 6.45) is 4.90. The highest BCUT2D eigenvalue weighted by Crippen LogP contribution is 2.59. The molecule has 2 fully saturated rings. The van der Waals surface area contributed by atoms with Gasteiger partial charge in [0.15, 0.2) is 0 Å². The number of benzene rings is 1. The maximum atomic E-state index is 12.5. The standard InChI is InChI=1S/C22H32N2O/c1-16(2)13-19-20(22(19,3)4)21(25)23-14-17-7-9-18(10-8-17)15-24-11-5-6-12-24/h7-10,13,19-20H,5-6,11-12,14-15H2,1-4H3,(H,23,25)/t19-,20-/m1/s1. The number of carbonyl (C=O) groups is 1. The predicted octanol–water partition coefficient (Wildman–Crippen LogP) is 4.14. The average molecular weight is 341 g/mol. The molecule has 1 aliphatic carbocycles. The van der Waals surface area contributed by atoms with Crippen molar-refractivity contribution in [1.29, 1.82) is 0 Å². The van der Waals surface area contributed by atoms with E-state index < -0.39 is 0 Å². The molecule has 25 heavy (non-hydrogen) atoms. The molecule has 2 aliphatic rings. The van der Waals surface area contributed by atoms with Crippen LogP contribution in [0.2, 0.25) is 0 Å². The molecule has 1 saturated heterocycles. The topological polar surface area (TPSA) is 32.3 Å². The van der Waals surface area contributed by atoms with E-state index in [0.29, 0.717) is 12.5 Å². The largest absolute Gasteiger partial charge is 0.352 e. The van der Waals surface area contributed by atoms with E-state index in [4.69, 9.17) is 0 Å². The van der Waals surface area contributed by atoms with E-state index in [2.05, 4.69) is 68.3 Å². The Morgan fingerprint density at radius 2 is 1.76 bits per heavy atom. The van der Waals surface area contributed by atoms with Crippen LogP contribution in [-0.4, -0.2) is 23.9 Å². The first-order valence-electron chi connectivity index (χ1n) is 9.61. The summed E-state index contributed by atoms with van der Waals surface area (Å²) >= 11 is 0. The van der Waals surface area contributed by atoms with Crippen LogP contribution in [0, 0.1) is 17.3 Å². The SMILES string of the molecule is CC(C)=C[C@@H]1[C@H](C(=O)NCc2ccc(CN3CCCC3)cc2)C1(C)C. The monoisotopic (exact) mass is 340 g/mol. The summed E-state index contributed by atoms with van der Waals surface area (Å²) in [7, 11) is 0. The Balaban J connectivity index is 1.50. The highest BCUT2D eigenvalue weighted by atomic mass is 16.2. The number of carbonyl (C=O) groups excluding carboxylic acids is 1. The number of nitrogens with one attached hydrogen (secondary N) is 1. The van der Waals surface area contributed by atoms with Gasteiger partial charge in [-0.2, -0.15) is 0 Å². The number of hydrogen-bond acceptors (Lipinski definition) is 2. The van der Waals surface area contributed by atoms with Crippen LogP contribution >= 0.6 is 0 Å². The number of nitrogens with zero attached hydrogens (tertiary/aromatic N) is 1. The lowest BCUT2D eigenvalue weighted by Crippen LogP contribution is -2.26. The fraction of sp³-hybridized carbons (Fsp3) is 0.591. The first kappa shape index (κ1) is 18.2. The molecule has 0 aromatic heterocycles. The molecule has 0 spiro atoms. The zero-order chi connectivity index (χ0) is 18.0. The first-order valence-corrected chi connectivity index (χ1v) is 9.61. The fourth-order valence-corrected chi connectivity index (χ4v) is 4.11. The van der Waals surface area contributed by atoms with Gasteiger partial charge in [-0.15, -0.1) is 0 Å². The maximum Gasteiger partial charge on any atom is 0.224 e.